The van der Waals surface area contributed by atoms with Gasteiger partial charge >= 0.3 is 41.5 Å². The van der Waals surface area contributed by atoms with E-state index in [1.807, 2.05) is 0 Å². The fourth-order valence-electron chi connectivity index (χ4n) is 1.21. The smallest absolute Gasteiger partial charge is 0.744 e. The Labute approximate surface area is 137 Å². The molecular formula is C10H11NaO8S. The van der Waals surface area contributed by atoms with Crippen molar-refractivity contribution in [3.05, 3.63) is 29.3 Å². The maximum atomic E-state index is 11.3. The summed E-state index contributed by atoms with van der Waals surface area (Å²) in [6.07, 6.45) is 0. The molecule has 1 aromatic rings. The monoisotopic (exact) mass is 314 g/mol. The van der Waals surface area contributed by atoms with Crippen LogP contribution in [0.1, 0.15) is 20.7 Å². The molecule has 0 aromatic heterocycles. The quantitative estimate of drug-likeness (QED) is 0.318. The van der Waals surface area contributed by atoms with E-state index >= 15 is 0 Å². The van der Waals surface area contributed by atoms with Gasteiger partial charge in [-0.05, 0) is 18.2 Å². The Morgan fingerprint density at radius 2 is 1.35 bits per heavy atom. The molecule has 0 amide bonds. The van der Waals surface area contributed by atoms with Gasteiger partial charge in [-0.15, -0.1) is 0 Å². The molecule has 0 atom stereocenters. The first-order chi connectivity index (χ1) is 8.29. The van der Waals surface area contributed by atoms with E-state index in [0.29, 0.717) is 0 Å². The van der Waals surface area contributed by atoms with Crippen LogP contribution in [0.4, 0.5) is 0 Å². The van der Waals surface area contributed by atoms with Gasteiger partial charge < -0.3 is 19.5 Å². The molecule has 0 saturated carbocycles. The molecule has 0 aliphatic heterocycles. The van der Waals surface area contributed by atoms with Crippen LogP contribution in [0.15, 0.2) is 23.1 Å². The van der Waals surface area contributed by atoms with Crippen molar-refractivity contribution in [2.75, 3.05) is 14.2 Å². The molecule has 0 aliphatic rings. The summed E-state index contributed by atoms with van der Waals surface area (Å²) in [5.41, 5.74) is -0.454. The molecule has 0 aliphatic carbocycles. The molecule has 1 rings (SSSR count). The van der Waals surface area contributed by atoms with Crippen LogP contribution < -0.4 is 29.6 Å². The zero-order chi connectivity index (χ0) is 13.9. The molecule has 2 N–H and O–H groups in total. The number of carbonyl (C=O) groups is 2. The standard InChI is InChI=1S/C10H10O7S.Na.H2O/c1-16-9(11)6-3-7(10(12)17-2)5-8(4-6)18(13,14)15;;/h3-5H,1-2H3,(H,13,14,15);;1H2/q;+1;/p-1. The summed E-state index contributed by atoms with van der Waals surface area (Å²) in [7, 11) is -2.63. The molecule has 106 valence electrons. The molecule has 0 saturated heterocycles. The molecule has 1 aromatic carbocycles. The fraction of sp³-hybridized carbons (Fsp3) is 0.200. The summed E-state index contributed by atoms with van der Waals surface area (Å²) in [5.74, 6) is -1.74. The Morgan fingerprint density at radius 3 is 1.60 bits per heavy atom. The van der Waals surface area contributed by atoms with Crippen molar-refractivity contribution >= 4 is 22.1 Å². The number of benzene rings is 1. The Balaban J connectivity index is 0. The number of carbonyl (C=O) groups excluding carboxylic acids is 2. The van der Waals surface area contributed by atoms with Crippen LogP contribution in [-0.2, 0) is 19.6 Å². The summed E-state index contributed by atoms with van der Waals surface area (Å²) < 4.78 is 41.5. The second kappa shape index (κ2) is 8.35. The summed E-state index contributed by atoms with van der Waals surface area (Å²) >= 11 is 0. The predicted octanol–water partition coefficient (Wildman–Crippen LogP) is -3.66. The number of esters is 2. The normalized spacial score (nSPS) is 9.75. The first-order valence-corrected chi connectivity index (χ1v) is 5.98. The van der Waals surface area contributed by atoms with E-state index in [0.717, 1.165) is 32.4 Å². The molecule has 0 unspecified atom stereocenters. The Hall–Kier alpha value is -0.970. The molecular weight excluding hydrogens is 303 g/mol. The van der Waals surface area contributed by atoms with Crippen LogP contribution in [0, 0.1) is 0 Å². The van der Waals surface area contributed by atoms with Crippen LogP contribution in [0.2, 0.25) is 0 Å². The Kier molecular flexibility index (Phi) is 8.90. The second-order valence-electron chi connectivity index (χ2n) is 3.18. The first kappa shape index (κ1) is 21.3. The van der Waals surface area contributed by atoms with Crippen molar-refractivity contribution in [3.63, 3.8) is 0 Å². The van der Waals surface area contributed by atoms with Gasteiger partial charge in [0.2, 0.25) is 0 Å². The fourth-order valence-corrected chi connectivity index (χ4v) is 1.76. The third-order valence-electron chi connectivity index (χ3n) is 2.04. The minimum atomic E-state index is -4.80. The third kappa shape index (κ3) is 5.19. The predicted molar refractivity (Wildman–Crippen MR) is 60.7 cm³/mol. The van der Waals surface area contributed by atoms with E-state index in [1.165, 1.54) is 0 Å². The molecule has 10 heteroatoms. The van der Waals surface area contributed by atoms with E-state index in [1.54, 1.807) is 0 Å². The topological polar surface area (TPSA) is 141 Å². The largest absolute Gasteiger partial charge is 1.00 e. The van der Waals surface area contributed by atoms with Crippen LogP contribution in [0.3, 0.4) is 0 Å². The minimum Gasteiger partial charge on any atom is -0.744 e. The van der Waals surface area contributed by atoms with Gasteiger partial charge in [-0.1, -0.05) is 0 Å². The average molecular weight is 314 g/mol. The van der Waals surface area contributed by atoms with Gasteiger partial charge in [0.25, 0.3) is 0 Å². The van der Waals surface area contributed by atoms with Gasteiger partial charge in [-0.25, -0.2) is 18.0 Å². The number of methoxy groups -OCH3 is 2. The van der Waals surface area contributed by atoms with E-state index in [9.17, 15) is 22.6 Å². The van der Waals surface area contributed by atoms with Crippen LogP contribution >= 0.6 is 0 Å². The minimum absolute atomic E-state index is 0. The van der Waals surface area contributed by atoms with Crippen molar-refractivity contribution in [3.8, 4) is 0 Å². The second-order valence-corrected chi connectivity index (χ2v) is 4.56. The van der Waals surface area contributed by atoms with Crippen LogP contribution in [0.25, 0.3) is 0 Å². The number of ether oxygens (including phenoxy) is 2. The molecule has 0 radical (unpaired) electrons. The van der Waals surface area contributed by atoms with Crippen molar-refractivity contribution in [1.82, 2.24) is 0 Å². The summed E-state index contributed by atoms with van der Waals surface area (Å²) in [4.78, 5) is 21.9. The van der Waals surface area contributed by atoms with Gasteiger partial charge in [-0.2, -0.15) is 0 Å². The SMILES string of the molecule is COC(=O)c1cc(C(=O)OC)cc(S(=O)(=O)[O-])c1.O.[Na+]. The van der Waals surface area contributed by atoms with E-state index in [2.05, 4.69) is 9.47 Å². The third-order valence-corrected chi connectivity index (χ3v) is 2.85. The summed E-state index contributed by atoms with van der Waals surface area (Å²) in [5, 5.41) is 0. The zero-order valence-electron chi connectivity index (χ0n) is 11.0. The van der Waals surface area contributed by atoms with E-state index in [-0.39, 0.29) is 46.2 Å². The van der Waals surface area contributed by atoms with Gasteiger partial charge in [0, 0.05) is 0 Å². The number of hydrogen-bond acceptors (Lipinski definition) is 7. The van der Waals surface area contributed by atoms with Gasteiger partial charge in [-0.3, -0.25) is 0 Å². The Bertz CT molecular complexity index is 561. The van der Waals surface area contributed by atoms with Crippen molar-refractivity contribution in [2.45, 2.75) is 4.90 Å². The molecule has 0 heterocycles. The summed E-state index contributed by atoms with van der Waals surface area (Å²) in [6, 6.07) is 2.74. The van der Waals surface area contributed by atoms with Crippen molar-refractivity contribution in [2.24, 2.45) is 0 Å². The van der Waals surface area contributed by atoms with E-state index in [4.69, 9.17) is 0 Å². The van der Waals surface area contributed by atoms with Crippen LogP contribution in [0.5, 0.6) is 0 Å². The van der Waals surface area contributed by atoms with Crippen molar-refractivity contribution in [1.29, 1.82) is 0 Å². The van der Waals surface area contributed by atoms with Crippen molar-refractivity contribution < 1.29 is 67.1 Å². The number of hydrogen-bond donors (Lipinski definition) is 0. The maximum absolute atomic E-state index is 11.3. The molecule has 0 spiro atoms. The van der Waals surface area contributed by atoms with E-state index < -0.39 is 27.0 Å². The molecule has 20 heavy (non-hydrogen) atoms. The zero-order valence-corrected chi connectivity index (χ0v) is 13.8. The van der Waals surface area contributed by atoms with Gasteiger partial charge in [0.1, 0.15) is 10.1 Å². The summed E-state index contributed by atoms with van der Waals surface area (Å²) in [6.45, 7) is 0. The maximum Gasteiger partial charge on any atom is 1.00 e. The van der Waals surface area contributed by atoms with Gasteiger partial charge in [0.15, 0.2) is 0 Å². The first-order valence-electron chi connectivity index (χ1n) is 4.57. The van der Waals surface area contributed by atoms with Gasteiger partial charge in [0.05, 0.1) is 30.2 Å². The number of rotatable bonds is 3. The molecule has 8 nitrogen and oxygen atoms in total. The molecule has 0 fully saturated rings. The Morgan fingerprint density at radius 1 is 1.00 bits per heavy atom. The average Bonchev–Trinajstić information content (AvgIpc) is 2.35. The molecule has 0 bridgehead atoms. The van der Waals surface area contributed by atoms with Crippen LogP contribution in [-0.4, -0.2) is 44.6 Å².